The molecule has 4 nitrogen and oxygen atoms in total. The third-order valence-corrected chi connectivity index (χ3v) is 3.45. The summed E-state index contributed by atoms with van der Waals surface area (Å²) < 4.78 is 5.24. The molecular formula is C12H6ClNO3S. The number of furan rings is 1. The Morgan fingerprint density at radius 1 is 1.28 bits per heavy atom. The fourth-order valence-corrected chi connectivity index (χ4v) is 2.57. The van der Waals surface area contributed by atoms with Crippen LogP contribution >= 0.6 is 23.4 Å². The van der Waals surface area contributed by atoms with Crippen LogP contribution in [0.4, 0.5) is 4.79 Å². The van der Waals surface area contributed by atoms with Crippen molar-refractivity contribution in [1.82, 2.24) is 5.32 Å². The van der Waals surface area contributed by atoms with Crippen molar-refractivity contribution in [3.63, 3.8) is 0 Å². The molecule has 90 valence electrons. The first kappa shape index (κ1) is 11.4. The second-order valence-electron chi connectivity index (χ2n) is 3.70. The minimum Gasteiger partial charge on any atom is -0.445 e. The van der Waals surface area contributed by atoms with E-state index in [-0.39, 0.29) is 11.1 Å². The first-order chi connectivity index (χ1) is 8.61. The quantitative estimate of drug-likeness (QED) is 0.813. The van der Waals surface area contributed by atoms with Crippen molar-refractivity contribution in [1.29, 1.82) is 0 Å². The Labute approximate surface area is 111 Å². The van der Waals surface area contributed by atoms with Gasteiger partial charge in [-0.15, -0.1) is 0 Å². The highest BCUT2D eigenvalue weighted by molar-refractivity contribution is 8.18. The van der Waals surface area contributed by atoms with Gasteiger partial charge in [0.15, 0.2) is 5.22 Å². The lowest BCUT2D eigenvalue weighted by Crippen LogP contribution is -2.17. The predicted octanol–water partition coefficient (Wildman–Crippen LogP) is 3.41. The van der Waals surface area contributed by atoms with E-state index in [4.69, 9.17) is 16.0 Å². The number of benzene rings is 1. The van der Waals surface area contributed by atoms with Gasteiger partial charge in [0.05, 0.1) is 4.91 Å². The molecule has 0 atom stereocenters. The maximum atomic E-state index is 11.4. The van der Waals surface area contributed by atoms with Gasteiger partial charge in [-0.05, 0) is 47.1 Å². The maximum absolute atomic E-state index is 11.4. The van der Waals surface area contributed by atoms with E-state index in [1.165, 1.54) is 0 Å². The minimum absolute atomic E-state index is 0.318. The molecule has 0 saturated carbocycles. The Kier molecular flexibility index (Phi) is 2.65. The number of halogens is 1. The third kappa shape index (κ3) is 2.02. The molecule has 1 aromatic heterocycles. The lowest BCUT2D eigenvalue weighted by Gasteiger charge is -1.95. The van der Waals surface area contributed by atoms with Gasteiger partial charge >= 0.3 is 0 Å². The normalized spacial score (nSPS) is 17.7. The summed E-state index contributed by atoms with van der Waals surface area (Å²) in [6.45, 7) is 0. The number of amides is 2. The number of hydrogen-bond donors (Lipinski definition) is 1. The number of rotatable bonds is 1. The molecule has 0 bridgehead atoms. The van der Waals surface area contributed by atoms with Crippen LogP contribution in [0.2, 0.25) is 5.22 Å². The van der Waals surface area contributed by atoms with Gasteiger partial charge in [0.2, 0.25) is 0 Å². The molecule has 1 aliphatic rings. The molecule has 1 N–H and O–H groups in total. The fraction of sp³-hybridized carbons (Fsp3) is 0. The van der Waals surface area contributed by atoms with Crippen LogP contribution in [0.3, 0.4) is 0 Å². The van der Waals surface area contributed by atoms with E-state index in [9.17, 15) is 9.59 Å². The van der Waals surface area contributed by atoms with Crippen molar-refractivity contribution >= 4 is 51.6 Å². The van der Waals surface area contributed by atoms with Gasteiger partial charge < -0.3 is 4.42 Å². The Morgan fingerprint density at radius 2 is 2.11 bits per heavy atom. The summed E-state index contributed by atoms with van der Waals surface area (Å²) in [5, 5.41) is 3.03. The molecule has 1 saturated heterocycles. The van der Waals surface area contributed by atoms with E-state index in [0.29, 0.717) is 15.7 Å². The second kappa shape index (κ2) is 4.19. The number of thioether (sulfide) groups is 1. The smallest absolute Gasteiger partial charge is 0.290 e. The highest BCUT2D eigenvalue weighted by Gasteiger charge is 2.24. The molecule has 1 fully saturated rings. The van der Waals surface area contributed by atoms with E-state index >= 15 is 0 Å². The summed E-state index contributed by atoms with van der Waals surface area (Å²) >= 11 is 6.64. The average molecular weight is 280 g/mol. The van der Waals surface area contributed by atoms with Gasteiger partial charge in [-0.1, -0.05) is 6.07 Å². The SMILES string of the molecule is O=C1NC(=O)C(=Cc2ccc3oc(Cl)cc3c2)S1. The molecule has 1 aromatic carbocycles. The topological polar surface area (TPSA) is 59.3 Å². The van der Waals surface area contributed by atoms with Crippen LogP contribution < -0.4 is 5.32 Å². The van der Waals surface area contributed by atoms with Gasteiger partial charge in [-0.2, -0.15) is 0 Å². The van der Waals surface area contributed by atoms with Crippen molar-refractivity contribution in [2.45, 2.75) is 0 Å². The molecule has 6 heteroatoms. The van der Waals surface area contributed by atoms with Gasteiger partial charge in [-0.3, -0.25) is 14.9 Å². The van der Waals surface area contributed by atoms with Crippen LogP contribution in [0.25, 0.3) is 17.0 Å². The standard InChI is InChI=1S/C12H6ClNO3S/c13-10-5-7-3-6(1-2-8(7)17-10)4-9-11(15)14-12(16)18-9/h1-5H,(H,14,15,16). The number of fused-ring (bicyclic) bond motifs is 1. The number of imide groups is 1. The number of nitrogens with one attached hydrogen (secondary N) is 1. The molecule has 0 unspecified atom stereocenters. The summed E-state index contributed by atoms with van der Waals surface area (Å²) in [7, 11) is 0. The Morgan fingerprint density at radius 3 is 2.83 bits per heavy atom. The lowest BCUT2D eigenvalue weighted by molar-refractivity contribution is -0.115. The summed E-state index contributed by atoms with van der Waals surface area (Å²) in [5.41, 5.74) is 1.49. The summed E-state index contributed by atoms with van der Waals surface area (Å²) in [5.74, 6) is -0.365. The third-order valence-electron chi connectivity index (χ3n) is 2.45. The van der Waals surface area contributed by atoms with Gasteiger partial charge in [0, 0.05) is 11.5 Å². The van der Waals surface area contributed by atoms with Crippen molar-refractivity contribution in [2.24, 2.45) is 0 Å². The largest absolute Gasteiger partial charge is 0.445 e. The zero-order chi connectivity index (χ0) is 12.7. The first-order valence-electron chi connectivity index (χ1n) is 5.06. The molecule has 3 rings (SSSR count). The van der Waals surface area contributed by atoms with Crippen molar-refractivity contribution in [3.05, 3.63) is 40.0 Å². The monoisotopic (exact) mass is 279 g/mol. The molecule has 2 aromatic rings. The second-order valence-corrected chi connectivity index (χ2v) is 5.09. The zero-order valence-electron chi connectivity index (χ0n) is 8.90. The Hall–Kier alpha value is -1.72. The van der Waals surface area contributed by atoms with Crippen LogP contribution in [0, 0.1) is 0 Å². The summed E-state index contributed by atoms with van der Waals surface area (Å²) in [6.07, 6.45) is 1.66. The van der Waals surface area contributed by atoms with E-state index < -0.39 is 0 Å². The molecule has 2 heterocycles. The molecular weight excluding hydrogens is 274 g/mol. The molecule has 18 heavy (non-hydrogen) atoms. The Balaban J connectivity index is 2.02. The van der Waals surface area contributed by atoms with Crippen LogP contribution in [-0.2, 0) is 4.79 Å². The van der Waals surface area contributed by atoms with Gasteiger partial charge in [0.1, 0.15) is 5.58 Å². The van der Waals surface area contributed by atoms with Crippen molar-refractivity contribution in [2.75, 3.05) is 0 Å². The number of hydrogen-bond acceptors (Lipinski definition) is 4. The van der Waals surface area contributed by atoms with Gasteiger partial charge in [-0.25, -0.2) is 0 Å². The average Bonchev–Trinajstić information content (AvgIpc) is 2.80. The fourth-order valence-electron chi connectivity index (χ4n) is 1.69. The molecule has 0 spiro atoms. The van der Waals surface area contributed by atoms with Crippen LogP contribution in [0.1, 0.15) is 5.56 Å². The lowest BCUT2D eigenvalue weighted by atomic mass is 10.1. The maximum Gasteiger partial charge on any atom is 0.290 e. The van der Waals surface area contributed by atoms with Crippen LogP contribution in [0.15, 0.2) is 33.6 Å². The summed E-state index contributed by atoms with van der Waals surface area (Å²) in [4.78, 5) is 22.8. The minimum atomic E-state index is -0.365. The zero-order valence-corrected chi connectivity index (χ0v) is 10.5. The highest BCUT2D eigenvalue weighted by Crippen LogP contribution is 2.28. The number of carbonyl (C=O) groups is 2. The summed E-state index contributed by atoms with van der Waals surface area (Å²) in [6, 6.07) is 7.11. The van der Waals surface area contributed by atoms with Crippen molar-refractivity contribution < 1.29 is 14.0 Å². The van der Waals surface area contributed by atoms with E-state index in [1.54, 1.807) is 24.3 Å². The van der Waals surface area contributed by atoms with Crippen LogP contribution in [0.5, 0.6) is 0 Å². The van der Waals surface area contributed by atoms with Crippen LogP contribution in [-0.4, -0.2) is 11.1 Å². The first-order valence-corrected chi connectivity index (χ1v) is 6.25. The predicted molar refractivity (Wildman–Crippen MR) is 70.3 cm³/mol. The Bertz CT molecular complexity index is 704. The van der Waals surface area contributed by atoms with Crippen molar-refractivity contribution in [3.8, 4) is 0 Å². The van der Waals surface area contributed by atoms with Gasteiger partial charge in [0.25, 0.3) is 11.1 Å². The van der Waals surface area contributed by atoms with E-state index in [2.05, 4.69) is 5.32 Å². The van der Waals surface area contributed by atoms with E-state index in [0.717, 1.165) is 22.7 Å². The molecule has 0 aliphatic carbocycles. The molecule has 0 radical (unpaired) electrons. The molecule has 1 aliphatic heterocycles. The highest BCUT2D eigenvalue weighted by atomic mass is 35.5. The van der Waals surface area contributed by atoms with E-state index in [1.807, 2.05) is 6.07 Å². The molecule has 2 amide bonds. The number of carbonyl (C=O) groups excluding carboxylic acids is 2.